The first kappa shape index (κ1) is 39.7. The van der Waals surface area contributed by atoms with Crippen molar-refractivity contribution in [3.63, 3.8) is 0 Å². The van der Waals surface area contributed by atoms with Gasteiger partial charge < -0.3 is 24.6 Å². The van der Waals surface area contributed by atoms with Gasteiger partial charge in [-0.15, -0.1) is 0 Å². The predicted molar refractivity (Wildman–Crippen MR) is 216 cm³/mol. The highest BCUT2D eigenvalue weighted by atomic mass is 35.5. The van der Waals surface area contributed by atoms with E-state index < -0.39 is 6.10 Å². The Morgan fingerprint density at radius 2 is 1.73 bits per heavy atom. The SMILES string of the molecule is Cc1c(COc2cc(OCc3cncc(C#N)c3)c(CN3CCCC[C@H]3C)cc2Cl)cccc1-c1cccc(OCCCNCC(O)c2ccccn2)c1C. The van der Waals surface area contributed by atoms with Crippen LogP contribution < -0.4 is 19.5 Å². The summed E-state index contributed by atoms with van der Waals surface area (Å²) in [5.74, 6) is 2.10. The van der Waals surface area contributed by atoms with Crippen LogP contribution in [0.1, 0.15) is 77.8 Å². The van der Waals surface area contributed by atoms with Crippen LogP contribution in [0.15, 0.2) is 91.4 Å². The molecule has 2 N–H and O–H groups in total. The van der Waals surface area contributed by atoms with Crippen LogP contribution in [-0.4, -0.2) is 52.3 Å². The van der Waals surface area contributed by atoms with Crippen LogP contribution in [0.3, 0.4) is 0 Å². The van der Waals surface area contributed by atoms with E-state index in [1.54, 1.807) is 24.7 Å². The van der Waals surface area contributed by atoms with Gasteiger partial charge in [0, 0.05) is 54.9 Å². The maximum atomic E-state index is 10.3. The molecule has 3 heterocycles. The fourth-order valence-electron chi connectivity index (χ4n) is 6.99. The maximum absolute atomic E-state index is 10.3. The number of piperidine rings is 1. The van der Waals surface area contributed by atoms with Crippen LogP contribution in [0.4, 0.5) is 0 Å². The minimum Gasteiger partial charge on any atom is -0.493 e. The summed E-state index contributed by atoms with van der Waals surface area (Å²) in [5.41, 5.74) is 8.43. The van der Waals surface area contributed by atoms with Gasteiger partial charge >= 0.3 is 0 Å². The first-order valence-electron chi connectivity index (χ1n) is 19.1. The first-order chi connectivity index (χ1) is 26.8. The third-order valence-corrected chi connectivity index (χ3v) is 10.6. The average Bonchev–Trinajstić information content (AvgIpc) is 3.20. The topological polar surface area (TPSA) is 113 Å². The summed E-state index contributed by atoms with van der Waals surface area (Å²) in [5, 5.41) is 23.5. The van der Waals surface area contributed by atoms with Crippen LogP contribution in [0, 0.1) is 25.2 Å². The molecule has 3 aromatic carbocycles. The van der Waals surface area contributed by atoms with Crippen LogP contribution in [0.2, 0.25) is 5.02 Å². The Bertz CT molecular complexity index is 2070. The van der Waals surface area contributed by atoms with E-state index in [4.69, 9.17) is 25.8 Å². The fraction of sp³-hybridized carbons (Fsp3) is 0.356. The molecule has 0 radical (unpaired) electrons. The molecular formula is C45H50ClN5O4. The van der Waals surface area contributed by atoms with Crippen molar-refractivity contribution in [3.05, 3.63) is 135 Å². The normalized spacial score (nSPS) is 14.9. The zero-order chi connectivity index (χ0) is 38.6. The molecule has 2 aromatic heterocycles. The van der Waals surface area contributed by atoms with Gasteiger partial charge in [-0.3, -0.25) is 14.9 Å². The number of rotatable bonds is 17. The van der Waals surface area contributed by atoms with Crippen LogP contribution in [0.25, 0.3) is 11.1 Å². The molecule has 0 aliphatic carbocycles. The minimum absolute atomic E-state index is 0.267. The van der Waals surface area contributed by atoms with E-state index in [1.807, 2.05) is 42.5 Å². The monoisotopic (exact) mass is 759 g/mol. The molecular weight excluding hydrogens is 710 g/mol. The number of aliphatic hydroxyl groups is 1. The van der Waals surface area contributed by atoms with Crippen molar-refractivity contribution >= 4 is 11.6 Å². The zero-order valence-corrected chi connectivity index (χ0v) is 32.7. The molecule has 1 aliphatic heterocycles. The number of ether oxygens (including phenoxy) is 3. The zero-order valence-electron chi connectivity index (χ0n) is 31.9. The third kappa shape index (κ3) is 10.6. The van der Waals surface area contributed by atoms with Crippen molar-refractivity contribution in [2.75, 3.05) is 26.2 Å². The molecule has 1 unspecified atom stereocenters. The molecule has 1 saturated heterocycles. The lowest BCUT2D eigenvalue weighted by atomic mass is 9.93. The molecule has 0 bridgehead atoms. The number of aliphatic hydroxyl groups excluding tert-OH is 1. The molecule has 9 nitrogen and oxygen atoms in total. The molecule has 5 aromatic rings. The summed E-state index contributed by atoms with van der Waals surface area (Å²) in [6.45, 7) is 10.5. The Labute approximate surface area is 329 Å². The third-order valence-electron chi connectivity index (χ3n) is 10.3. The molecule has 10 heteroatoms. The number of likely N-dealkylation sites (tertiary alicyclic amines) is 1. The van der Waals surface area contributed by atoms with Crippen molar-refractivity contribution in [1.82, 2.24) is 20.2 Å². The number of hydrogen-bond acceptors (Lipinski definition) is 9. The molecule has 0 spiro atoms. The van der Waals surface area contributed by atoms with E-state index in [2.05, 4.69) is 71.3 Å². The summed E-state index contributed by atoms with van der Waals surface area (Å²) in [4.78, 5) is 10.9. The van der Waals surface area contributed by atoms with Crippen LogP contribution in [0.5, 0.6) is 17.2 Å². The molecule has 1 fully saturated rings. The summed E-state index contributed by atoms with van der Waals surface area (Å²) >= 11 is 6.92. The fourth-order valence-corrected chi connectivity index (χ4v) is 7.23. The Morgan fingerprint density at radius 1 is 0.909 bits per heavy atom. The molecule has 2 atom stereocenters. The summed E-state index contributed by atoms with van der Waals surface area (Å²) < 4.78 is 19.1. The average molecular weight is 760 g/mol. The minimum atomic E-state index is -0.642. The second kappa shape index (κ2) is 19.6. The summed E-state index contributed by atoms with van der Waals surface area (Å²) in [6, 6.07) is 26.3. The van der Waals surface area contributed by atoms with Crippen molar-refractivity contribution in [3.8, 4) is 34.4 Å². The Hall–Kier alpha value is -4.98. The van der Waals surface area contributed by atoms with Gasteiger partial charge in [-0.1, -0.05) is 54.4 Å². The van der Waals surface area contributed by atoms with E-state index in [9.17, 15) is 10.4 Å². The van der Waals surface area contributed by atoms with Crippen molar-refractivity contribution < 1.29 is 19.3 Å². The van der Waals surface area contributed by atoms with E-state index in [0.29, 0.717) is 53.6 Å². The standard InChI is InChI=1S/C45H50ClN5O4/c1-31-11-5-7-19-51(31)28-37-22-40(46)45(23-44(37)54-29-35-21-34(24-47)25-49-26-35)55-30-36-12-8-13-38(32(36)2)39-14-9-16-43(33(39)3)53-20-10-17-48-27-42(52)41-15-4-6-18-50-41/h4,6,8-9,12-16,18,21-23,25-26,31,42,48,52H,5,7,10-11,17,19-20,27-30H2,1-3H3/t31-,42?/m1/s1. The van der Waals surface area contributed by atoms with Crippen molar-refractivity contribution in [1.29, 1.82) is 5.26 Å². The molecule has 6 rings (SSSR count). The highest BCUT2D eigenvalue weighted by Crippen LogP contribution is 2.37. The number of nitrogens with one attached hydrogen (secondary N) is 1. The highest BCUT2D eigenvalue weighted by molar-refractivity contribution is 6.32. The van der Waals surface area contributed by atoms with Crippen molar-refractivity contribution in [2.24, 2.45) is 0 Å². The Balaban J connectivity index is 1.11. The highest BCUT2D eigenvalue weighted by Gasteiger charge is 2.22. The number of pyridine rings is 2. The Kier molecular flexibility index (Phi) is 14.1. The predicted octanol–water partition coefficient (Wildman–Crippen LogP) is 8.91. The first-order valence-corrected chi connectivity index (χ1v) is 19.5. The number of nitriles is 1. The quantitative estimate of drug-likeness (QED) is 0.0898. The number of nitrogens with zero attached hydrogens (tertiary/aromatic N) is 4. The van der Waals surface area contributed by atoms with Gasteiger partial charge in [-0.25, -0.2) is 0 Å². The number of halogens is 1. The van der Waals surface area contributed by atoms with Crippen molar-refractivity contribution in [2.45, 2.75) is 78.4 Å². The van der Waals surface area contributed by atoms with E-state index in [0.717, 1.165) is 70.7 Å². The largest absolute Gasteiger partial charge is 0.493 e. The summed E-state index contributed by atoms with van der Waals surface area (Å²) in [7, 11) is 0. The van der Waals surface area contributed by atoms with Crippen LogP contribution in [-0.2, 0) is 19.8 Å². The molecule has 1 aliphatic rings. The van der Waals surface area contributed by atoms with Gasteiger partial charge in [0.05, 0.1) is 22.9 Å². The Morgan fingerprint density at radius 3 is 2.53 bits per heavy atom. The number of aromatic nitrogens is 2. The lowest BCUT2D eigenvalue weighted by molar-refractivity contribution is 0.150. The maximum Gasteiger partial charge on any atom is 0.142 e. The van der Waals surface area contributed by atoms with E-state index in [-0.39, 0.29) is 6.61 Å². The van der Waals surface area contributed by atoms with Gasteiger partial charge in [0.2, 0.25) is 0 Å². The number of hydrogen-bond donors (Lipinski definition) is 2. The van der Waals surface area contributed by atoms with Gasteiger partial charge in [-0.05, 0) is 111 Å². The van der Waals surface area contributed by atoms with Gasteiger partial charge in [0.15, 0.2) is 0 Å². The lowest BCUT2D eigenvalue weighted by Crippen LogP contribution is -2.36. The number of benzene rings is 3. The second-order valence-corrected chi connectivity index (χ2v) is 14.6. The molecule has 0 saturated carbocycles. The smallest absolute Gasteiger partial charge is 0.142 e. The van der Waals surface area contributed by atoms with Crippen LogP contribution >= 0.6 is 11.6 Å². The molecule has 286 valence electrons. The van der Waals surface area contributed by atoms with E-state index >= 15 is 0 Å². The van der Waals surface area contributed by atoms with Gasteiger partial charge in [0.25, 0.3) is 0 Å². The molecule has 55 heavy (non-hydrogen) atoms. The second-order valence-electron chi connectivity index (χ2n) is 14.2. The molecule has 0 amide bonds. The van der Waals surface area contributed by atoms with E-state index in [1.165, 1.54) is 19.3 Å². The van der Waals surface area contributed by atoms with Gasteiger partial charge in [0.1, 0.15) is 42.6 Å². The summed E-state index contributed by atoms with van der Waals surface area (Å²) in [6.07, 6.45) is 8.70. The lowest BCUT2D eigenvalue weighted by Gasteiger charge is -2.33. The van der Waals surface area contributed by atoms with Gasteiger partial charge in [-0.2, -0.15) is 5.26 Å².